The molecule has 6 heteroatoms. The van der Waals surface area contributed by atoms with E-state index in [1.54, 1.807) is 0 Å². The van der Waals surface area contributed by atoms with Crippen molar-refractivity contribution in [3.8, 4) is 0 Å². The molecule has 1 atom stereocenters. The molecule has 0 saturated heterocycles. The summed E-state index contributed by atoms with van der Waals surface area (Å²) in [5.74, 6) is -0.397. The molecule has 27 heavy (non-hydrogen) atoms. The normalized spacial score (nSPS) is 14.1. The summed E-state index contributed by atoms with van der Waals surface area (Å²) in [5.41, 5.74) is 0.355. The van der Waals surface area contributed by atoms with Crippen molar-refractivity contribution in [2.75, 3.05) is 19.8 Å². The maximum absolute atomic E-state index is 10.9. The van der Waals surface area contributed by atoms with Crippen LogP contribution >= 0.6 is 0 Å². The molecule has 0 spiro atoms. The van der Waals surface area contributed by atoms with Gasteiger partial charge in [-0.05, 0) is 37.9 Å². The van der Waals surface area contributed by atoms with Crippen molar-refractivity contribution in [3.63, 3.8) is 0 Å². The van der Waals surface area contributed by atoms with E-state index in [4.69, 9.17) is 13.9 Å². The van der Waals surface area contributed by atoms with Gasteiger partial charge in [0.2, 0.25) is 0 Å². The molecule has 0 radical (unpaired) electrons. The van der Waals surface area contributed by atoms with Crippen LogP contribution in [0.5, 0.6) is 0 Å². The van der Waals surface area contributed by atoms with Crippen LogP contribution < -0.4 is 0 Å². The summed E-state index contributed by atoms with van der Waals surface area (Å²) < 4.78 is 17.3. The molecule has 0 aliphatic carbocycles. The van der Waals surface area contributed by atoms with Gasteiger partial charge in [-0.2, -0.15) is 0 Å². The molecule has 0 bridgehead atoms. The van der Waals surface area contributed by atoms with Crippen LogP contribution in [0.3, 0.4) is 0 Å². The lowest BCUT2D eigenvalue weighted by molar-refractivity contribution is -0.139. The largest absolute Gasteiger partial charge is 0.460 e. The lowest BCUT2D eigenvalue weighted by Crippen LogP contribution is -2.52. The molecule has 0 aliphatic heterocycles. The van der Waals surface area contributed by atoms with E-state index in [9.17, 15) is 4.79 Å². The quantitative estimate of drug-likeness (QED) is 0.143. The van der Waals surface area contributed by atoms with E-state index in [1.807, 2.05) is 0 Å². The SMILES string of the molecule is C=CC(=O)OCCOCCC[Si](C)(C)[C@H](C)O[Si](C)(C)C(C)(C)CCCC. The summed E-state index contributed by atoms with van der Waals surface area (Å²) in [6.45, 7) is 23.8. The number of unbranched alkanes of at least 4 members (excludes halogenated alkanes) is 1. The Morgan fingerprint density at radius 1 is 1.11 bits per heavy atom. The van der Waals surface area contributed by atoms with Gasteiger partial charge in [-0.3, -0.25) is 0 Å². The molecule has 0 fully saturated rings. The average Bonchev–Trinajstić information content (AvgIpc) is 2.58. The van der Waals surface area contributed by atoms with Gasteiger partial charge in [0, 0.05) is 18.4 Å². The van der Waals surface area contributed by atoms with Gasteiger partial charge in [0.05, 0.1) is 14.7 Å². The van der Waals surface area contributed by atoms with Gasteiger partial charge in [-0.25, -0.2) is 4.79 Å². The number of carbonyl (C=O) groups is 1. The van der Waals surface area contributed by atoms with Gasteiger partial charge >= 0.3 is 5.97 Å². The fourth-order valence-corrected chi connectivity index (χ4v) is 8.48. The molecule has 0 unspecified atom stereocenters. The highest BCUT2D eigenvalue weighted by Gasteiger charge is 2.43. The Balaban J connectivity index is 4.33. The van der Waals surface area contributed by atoms with E-state index in [0.29, 0.717) is 24.0 Å². The Bertz CT molecular complexity index is 447. The molecule has 0 saturated carbocycles. The Hall–Kier alpha value is -0.436. The van der Waals surface area contributed by atoms with Gasteiger partial charge in [0.1, 0.15) is 6.61 Å². The lowest BCUT2D eigenvalue weighted by atomic mass is 10.1. The molecule has 0 aromatic heterocycles. The third-order valence-electron chi connectivity index (χ3n) is 6.11. The van der Waals surface area contributed by atoms with Crippen molar-refractivity contribution in [2.45, 2.75) is 96.4 Å². The minimum atomic E-state index is -1.77. The summed E-state index contributed by atoms with van der Waals surface area (Å²) in [4.78, 5) is 10.9. The Kier molecular flexibility index (Phi) is 12.0. The smallest absolute Gasteiger partial charge is 0.330 e. The number of ether oxygens (including phenoxy) is 2. The van der Waals surface area contributed by atoms with Crippen LogP contribution in [-0.4, -0.2) is 47.9 Å². The van der Waals surface area contributed by atoms with Gasteiger partial charge in [-0.1, -0.05) is 59.3 Å². The van der Waals surface area contributed by atoms with Crippen LogP contribution in [0.2, 0.25) is 37.3 Å². The second-order valence-corrected chi connectivity index (χ2v) is 19.2. The second-order valence-electron chi connectivity index (χ2n) is 9.33. The Morgan fingerprint density at radius 2 is 1.74 bits per heavy atom. The van der Waals surface area contributed by atoms with Gasteiger partial charge in [-0.15, -0.1) is 0 Å². The summed E-state index contributed by atoms with van der Waals surface area (Å²) in [7, 11) is -3.26. The molecule has 160 valence electrons. The monoisotopic (exact) mass is 416 g/mol. The highest BCUT2D eigenvalue weighted by molar-refractivity contribution is 6.81. The number of carbonyl (C=O) groups excluding carboxylic acids is 1. The zero-order valence-corrected chi connectivity index (χ0v) is 21.2. The van der Waals surface area contributed by atoms with E-state index in [2.05, 4.69) is 60.5 Å². The van der Waals surface area contributed by atoms with E-state index in [-0.39, 0.29) is 6.61 Å². The topological polar surface area (TPSA) is 44.8 Å². The molecule has 0 rings (SSSR count). The molecule has 0 aromatic rings. The zero-order chi connectivity index (χ0) is 21.1. The first-order valence-electron chi connectivity index (χ1n) is 10.4. The van der Waals surface area contributed by atoms with E-state index in [1.165, 1.54) is 31.4 Å². The fraction of sp³-hybridized carbons (Fsp3) is 0.857. The van der Waals surface area contributed by atoms with Crippen LogP contribution in [0.25, 0.3) is 0 Å². The van der Waals surface area contributed by atoms with Crippen molar-refractivity contribution >= 4 is 22.4 Å². The number of rotatable bonds is 15. The van der Waals surface area contributed by atoms with Crippen molar-refractivity contribution in [1.29, 1.82) is 0 Å². The van der Waals surface area contributed by atoms with Crippen molar-refractivity contribution < 1.29 is 18.7 Å². The minimum Gasteiger partial charge on any atom is -0.460 e. The molecule has 4 nitrogen and oxygen atoms in total. The molecular weight excluding hydrogens is 372 g/mol. The number of hydrogen-bond donors (Lipinski definition) is 0. The maximum Gasteiger partial charge on any atom is 0.330 e. The van der Waals surface area contributed by atoms with Gasteiger partial charge in [0.25, 0.3) is 0 Å². The highest BCUT2D eigenvalue weighted by atomic mass is 28.4. The van der Waals surface area contributed by atoms with Gasteiger partial charge < -0.3 is 13.9 Å². The van der Waals surface area contributed by atoms with Crippen LogP contribution in [0.1, 0.15) is 53.4 Å². The van der Waals surface area contributed by atoms with Crippen LogP contribution in [0, 0.1) is 0 Å². The molecular formula is C21H44O4Si2. The van der Waals surface area contributed by atoms with Crippen LogP contribution in [0.4, 0.5) is 0 Å². The molecule has 0 N–H and O–H groups in total. The standard InChI is InChI=1S/C21H44O4Si2/c1-10-12-14-21(4,5)27(8,9)25-19(3)26(6,7)18-13-15-23-16-17-24-20(22)11-2/h11,19H,2,10,12-18H2,1,3-9H3/t19-/m1/s1. The van der Waals surface area contributed by atoms with Crippen molar-refractivity contribution in [1.82, 2.24) is 0 Å². The summed E-state index contributed by atoms with van der Waals surface area (Å²) in [6, 6.07) is 1.18. The van der Waals surface area contributed by atoms with Crippen molar-refractivity contribution in [2.24, 2.45) is 0 Å². The first kappa shape index (κ1) is 26.6. The lowest BCUT2D eigenvalue weighted by Gasteiger charge is -2.44. The van der Waals surface area contributed by atoms with E-state index < -0.39 is 22.4 Å². The van der Waals surface area contributed by atoms with Crippen LogP contribution in [0.15, 0.2) is 12.7 Å². The first-order valence-corrected chi connectivity index (χ1v) is 16.6. The van der Waals surface area contributed by atoms with Crippen LogP contribution in [-0.2, 0) is 18.7 Å². The summed E-state index contributed by atoms with van der Waals surface area (Å²) in [5, 5.41) is 0.299. The van der Waals surface area contributed by atoms with E-state index in [0.717, 1.165) is 6.42 Å². The van der Waals surface area contributed by atoms with Crippen molar-refractivity contribution in [3.05, 3.63) is 12.7 Å². The molecule has 0 aliphatic rings. The number of esters is 1. The summed E-state index contributed by atoms with van der Waals surface area (Å²) >= 11 is 0. The second kappa shape index (κ2) is 12.2. The minimum absolute atomic E-state index is 0.290. The molecule has 0 amide bonds. The third kappa shape index (κ3) is 10.1. The summed E-state index contributed by atoms with van der Waals surface area (Å²) in [6.07, 6.45) is 5.98. The number of hydrogen-bond acceptors (Lipinski definition) is 4. The predicted molar refractivity (Wildman–Crippen MR) is 120 cm³/mol. The Morgan fingerprint density at radius 3 is 2.30 bits per heavy atom. The average molecular weight is 417 g/mol. The zero-order valence-electron chi connectivity index (χ0n) is 19.2. The maximum atomic E-state index is 10.9. The predicted octanol–water partition coefficient (Wildman–Crippen LogP) is 5.95. The first-order chi connectivity index (χ1) is 12.4. The van der Waals surface area contributed by atoms with E-state index >= 15 is 0 Å². The molecule has 0 heterocycles. The molecule has 0 aromatic carbocycles. The third-order valence-corrected chi connectivity index (χ3v) is 14.8. The fourth-order valence-electron chi connectivity index (χ4n) is 2.88. The Labute approximate surface area is 170 Å². The van der Waals surface area contributed by atoms with Gasteiger partial charge in [0.15, 0.2) is 8.32 Å². The highest BCUT2D eigenvalue weighted by Crippen LogP contribution is 2.43.